The Hall–Kier alpha value is -1.79. The average molecular weight is 259 g/mol. The maximum Gasteiger partial charge on any atom is 0.327 e. The fourth-order valence-corrected chi connectivity index (χ4v) is 1.78. The van der Waals surface area contributed by atoms with E-state index in [-0.39, 0.29) is 17.9 Å². The van der Waals surface area contributed by atoms with Crippen molar-refractivity contribution in [2.45, 2.75) is 32.9 Å². The zero-order valence-corrected chi connectivity index (χ0v) is 11.7. The molecule has 1 aromatic carbocycles. The number of esters is 1. The minimum Gasteiger partial charge on any atom is -0.465 e. The van der Waals surface area contributed by atoms with Crippen molar-refractivity contribution in [2.75, 3.05) is 6.61 Å². The summed E-state index contributed by atoms with van der Waals surface area (Å²) in [5.74, 6) is 2.62. The van der Waals surface area contributed by atoms with E-state index in [0.29, 0.717) is 6.61 Å². The molecule has 3 nitrogen and oxygen atoms in total. The van der Waals surface area contributed by atoms with E-state index in [1.54, 1.807) is 6.92 Å². The summed E-state index contributed by atoms with van der Waals surface area (Å²) >= 11 is 0. The first-order valence-electron chi connectivity index (χ1n) is 6.53. The SMILES string of the molecule is C#CC(NC(C(=O)OCC)c1ccccc1)C(C)C. The van der Waals surface area contributed by atoms with Crippen LogP contribution in [0.4, 0.5) is 0 Å². The van der Waals surface area contributed by atoms with Crippen LogP contribution in [-0.4, -0.2) is 18.6 Å². The molecular formula is C16H21NO2. The molecule has 0 saturated carbocycles. The number of hydrogen-bond acceptors (Lipinski definition) is 3. The van der Waals surface area contributed by atoms with Crippen LogP contribution in [-0.2, 0) is 9.53 Å². The van der Waals surface area contributed by atoms with Gasteiger partial charge in [0.05, 0.1) is 12.6 Å². The van der Waals surface area contributed by atoms with Crippen LogP contribution in [0.1, 0.15) is 32.4 Å². The van der Waals surface area contributed by atoms with Crippen LogP contribution in [0.25, 0.3) is 0 Å². The van der Waals surface area contributed by atoms with Gasteiger partial charge in [0.1, 0.15) is 6.04 Å². The number of terminal acetylenes is 1. The number of benzene rings is 1. The van der Waals surface area contributed by atoms with Crippen molar-refractivity contribution >= 4 is 5.97 Å². The van der Waals surface area contributed by atoms with Gasteiger partial charge < -0.3 is 4.74 Å². The predicted octanol–water partition coefficient (Wildman–Crippen LogP) is 2.54. The Labute approximate surface area is 115 Å². The third kappa shape index (κ3) is 4.42. The van der Waals surface area contributed by atoms with Gasteiger partial charge in [0.2, 0.25) is 0 Å². The molecule has 2 atom stereocenters. The number of ether oxygens (including phenoxy) is 1. The lowest BCUT2D eigenvalue weighted by Gasteiger charge is -2.24. The molecule has 0 fully saturated rings. The second-order valence-electron chi connectivity index (χ2n) is 4.65. The van der Waals surface area contributed by atoms with Gasteiger partial charge >= 0.3 is 5.97 Å². The van der Waals surface area contributed by atoms with Crippen molar-refractivity contribution in [3.8, 4) is 12.3 Å². The second-order valence-corrected chi connectivity index (χ2v) is 4.65. The zero-order valence-electron chi connectivity index (χ0n) is 11.7. The Kier molecular flexibility index (Phi) is 6.11. The fraction of sp³-hybridized carbons (Fsp3) is 0.438. The van der Waals surface area contributed by atoms with Gasteiger partial charge in [0.15, 0.2) is 0 Å². The van der Waals surface area contributed by atoms with E-state index in [2.05, 4.69) is 11.2 Å². The molecule has 19 heavy (non-hydrogen) atoms. The van der Waals surface area contributed by atoms with E-state index < -0.39 is 6.04 Å². The lowest BCUT2D eigenvalue weighted by atomic mass is 10.0. The summed E-state index contributed by atoms with van der Waals surface area (Å²) in [5, 5.41) is 3.19. The molecule has 1 rings (SSSR count). The van der Waals surface area contributed by atoms with E-state index >= 15 is 0 Å². The number of carbonyl (C=O) groups is 1. The first-order valence-corrected chi connectivity index (χ1v) is 6.53. The Bertz CT molecular complexity index is 434. The summed E-state index contributed by atoms with van der Waals surface area (Å²) in [4.78, 5) is 12.1. The van der Waals surface area contributed by atoms with Gasteiger partial charge in [-0.25, -0.2) is 4.79 Å². The molecule has 3 heteroatoms. The fourth-order valence-electron chi connectivity index (χ4n) is 1.78. The predicted molar refractivity (Wildman–Crippen MR) is 76.4 cm³/mol. The van der Waals surface area contributed by atoms with Gasteiger partial charge in [-0.15, -0.1) is 6.42 Å². The molecule has 0 amide bonds. The third-order valence-electron chi connectivity index (χ3n) is 2.85. The molecule has 0 heterocycles. The summed E-state index contributed by atoms with van der Waals surface area (Å²) in [6, 6.07) is 8.78. The van der Waals surface area contributed by atoms with Crippen LogP contribution in [0.15, 0.2) is 30.3 Å². The highest BCUT2D eigenvalue weighted by Crippen LogP contribution is 2.17. The summed E-state index contributed by atoms with van der Waals surface area (Å²) in [7, 11) is 0. The summed E-state index contributed by atoms with van der Waals surface area (Å²) in [6.45, 7) is 6.18. The molecule has 0 radical (unpaired) electrons. The van der Waals surface area contributed by atoms with Crippen LogP contribution in [0, 0.1) is 18.3 Å². The smallest absolute Gasteiger partial charge is 0.327 e. The van der Waals surface area contributed by atoms with Crippen molar-refractivity contribution in [3.63, 3.8) is 0 Å². The highest BCUT2D eigenvalue weighted by molar-refractivity contribution is 5.77. The van der Waals surface area contributed by atoms with Crippen molar-refractivity contribution < 1.29 is 9.53 Å². The van der Waals surface area contributed by atoms with E-state index in [1.165, 1.54) is 0 Å². The highest BCUT2D eigenvalue weighted by atomic mass is 16.5. The lowest BCUT2D eigenvalue weighted by molar-refractivity contribution is -0.146. The first-order chi connectivity index (χ1) is 9.10. The van der Waals surface area contributed by atoms with Crippen LogP contribution in [0.5, 0.6) is 0 Å². The van der Waals surface area contributed by atoms with Gasteiger partial charge in [-0.1, -0.05) is 50.1 Å². The summed E-state index contributed by atoms with van der Waals surface area (Å²) in [6.07, 6.45) is 5.51. The van der Waals surface area contributed by atoms with Crippen molar-refractivity contribution in [1.82, 2.24) is 5.32 Å². The maximum absolute atomic E-state index is 12.1. The standard InChI is InChI=1S/C16H21NO2/c1-5-14(12(3)4)17-15(16(18)19-6-2)13-10-8-7-9-11-13/h1,7-12,14-15,17H,6H2,2-4H3. The number of hydrogen-bond donors (Lipinski definition) is 1. The molecule has 0 aliphatic heterocycles. The first kappa shape index (κ1) is 15.3. The Morgan fingerprint density at radius 2 is 2.00 bits per heavy atom. The van der Waals surface area contributed by atoms with E-state index in [0.717, 1.165) is 5.56 Å². The normalized spacial score (nSPS) is 13.6. The average Bonchev–Trinajstić information content (AvgIpc) is 2.40. The van der Waals surface area contributed by atoms with Crippen LogP contribution >= 0.6 is 0 Å². The molecule has 0 spiro atoms. The molecule has 1 N–H and O–H groups in total. The van der Waals surface area contributed by atoms with E-state index in [1.807, 2.05) is 44.2 Å². The van der Waals surface area contributed by atoms with Crippen molar-refractivity contribution in [1.29, 1.82) is 0 Å². The van der Waals surface area contributed by atoms with Gasteiger partial charge in [-0.05, 0) is 18.4 Å². The maximum atomic E-state index is 12.1. The number of nitrogens with one attached hydrogen (secondary N) is 1. The minimum absolute atomic E-state index is 0.172. The van der Waals surface area contributed by atoms with Gasteiger partial charge in [0, 0.05) is 0 Å². The van der Waals surface area contributed by atoms with Crippen LogP contribution in [0.3, 0.4) is 0 Å². The van der Waals surface area contributed by atoms with E-state index in [4.69, 9.17) is 11.2 Å². The van der Waals surface area contributed by atoms with Crippen molar-refractivity contribution in [2.24, 2.45) is 5.92 Å². The zero-order chi connectivity index (χ0) is 14.3. The molecule has 0 saturated heterocycles. The van der Waals surface area contributed by atoms with Crippen LogP contribution < -0.4 is 5.32 Å². The molecular weight excluding hydrogens is 238 g/mol. The molecule has 0 bridgehead atoms. The molecule has 0 aliphatic rings. The summed E-state index contributed by atoms with van der Waals surface area (Å²) in [5.41, 5.74) is 0.863. The molecule has 1 aromatic rings. The Balaban J connectivity index is 2.94. The molecule has 0 aromatic heterocycles. The largest absolute Gasteiger partial charge is 0.465 e. The van der Waals surface area contributed by atoms with Crippen molar-refractivity contribution in [3.05, 3.63) is 35.9 Å². The van der Waals surface area contributed by atoms with Gasteiger partial charge in [-0.3, -0.25) is 5.32 Å². The molecule has 102 valence electrons. The number of carbonyl (C=O) groups excluding carboxylic acids is 1. The topological polar surface area (TPSA) is 38.3 Å². The summed E-state index contributed by atoms with van der Waals surface area (Å²) < 4.78 is 5.11. The minimum atomic E-state index is -0.524. The molecule has 2 unspecified atom stereocenters. The van der Waals surface area contributed by atoms with Gasteiger partial charge in [0.25, 0.3) is 0 Å². The molecule has 0 aliphatic carbocycles. The van der Waals surface area contributed by atoms with Gasteiger partial charge in [-0.2, -0.15) is 0 Å². The second kappa shape index (κ2) is 7.60. The highest BCUT2D eigenvalue weighted by Gasteiger charge is 2.25. The Morgan fingerprint density at radius 3 is 2.47 bits per heavy atom. The van der Waals surface area contributed by atoms with E-state index in [9.17, 15) is 4.79 Å². The Morgan fingerprint density at radius 1 is 1.37 bits per heavy atom. The quantitative estimate of drug-likeness (QED) is 0.630. The van der Waals surface area contributed by atoms with Crippen LogP contribution in [0.2, 0.25) is 0 Å². The third-order valence-corrected chi connectivity index (χ3v) is 2.85. The lowest BCUT2D eigenvalue weighted by Crippen LogP contribution is -2.40. The monoisotopic (exact) mass is 259 g/mol. The number of rotatable bonds is 6.